The number of hydrogen-bond acceptors (Lipinski definition) is 2. The second-order valence-electron chi connectivity index (χ2n) is 3.26. The lowest BCUT2D eigenvalue weighted by Crippen LogP contribution is -2.30. The van der Waals surface area contributed by atoms with Crippen molar-refractivity contribution in [2.45, 2.75) is 18.6 Å². The Labute approximate surface area is 84.5 Å². The Morgan fingerprint density at radius 2 is 2.43 bits per heavy atom. The van der Waals surface area contributed by atoms with Crippen LogP contribution < -0.4 is 4.74 Å². The zero-order chi connectivity index (χ0) is 9.97. The van der Waals surface area contributed by atoms with Gasteiger partial charge in [0.05, 0.1) is 5.73 Å². The molecule has 2 nitrogen and oxygen atoms in total. The van der Waals surface area contributed by atoms with E-state index in [9.17, 15) is 4.39 Å². The Bertz CT molecular complexity index is 330. The summed E-state index contributed by atoms with van der Waals surface area (Å²) in [6.07, 6.45) is 1.88. The summed E-state index contributed by atoms with van der Waals surface area (Å²) in [5.74, 6) is 0.555. The number of halogens is 1. The van der Waals surface area contributed by atoms with Crippen molar-refractivity contribution in [3.63, 3.8) is 0 Å². The van der Waals surface area contributed by atoms with Gasteiger partial charge in [0.2, 0.25) is 0 Å². The van der Waals surface area contributed by atoms with E-state index >= 15 is 0 Å². The molecule has 4 heteroatoms. The molecular formula is C10H11FO2Si. The topological polar surface area (TPSA) is 29.5 Å². The van der Waals surface area contributed by atoms with Crippen LogP contribution in [-0.4, -0.2) is 26.6 Å². The van der Waals surface area contributed by atoms with Gasteiger partial charge in [-0.15, -0.1) is 0 Å². The van der Waals surface area contributed by atoms with Crippen molar-refractivity contribution < 1.29 is 14.2 Å². The van der Waals surface area contributed by atoms with Crippen LogP contribution in [0.25, 0.3) is 0 Å². The number of hydrogen-bond donors (Lipinski definition) is 1. The summed E-state index contributed by atoms with van der Waals surface area (Å²) in [5, 5.41) is 8.78. The highest BCUT2D eigenvalue weighted by Gasteiger charge is 2.19. The summed E-state index contributed by atoms with van der Waals surface area (Å²) in [7, 11) is 0.413. The molecule has 0 aliphatic carbocycles. The van der Waals surface area contributed by atoms with Gasteiger partial charge in [0.25, 0.3) is 0 Å². The van der Waals surface area contributed by atoms with Crippen molar-refractivity contribution in [2.75, 3.05) is 6.23 Å². The third-order valence-corrected chi connectivity index (χ3v) is 3.33. The second kappa shape index (κ2) is 4.10. The summed E-state index contributed by atoms with van der Waals surface area (Å²) in [6.45, 7) is 0. The van der Waals surface area contributed by atoms with Crippen molar-refractivity contribution >= 4 is 9.52 Å². The normalized spacial score (nSPS) is 20.0. The first-order chi connectivity index (χ1) is 6.79. The zero-order valence-corrected chi connectivity index (χ0v) is 8.66. The minimum absolute atomic E-state index is 0.109. The molecule has 1 aromatic rings. The van der Waals surface area contributed by atoms with Gasteiger partial charge in [-0.1, -0.05) is 0 Å². The quantitative estimate of drug-likeness (QED) is 0.741. The molecule has 1 heterocycles. The molecule has 1 aromatic carbocycles. The van der Waals surface area contributed by atoms with Crippen molar-refractivity contribution in [2.24, 2.45) is 0 Å². The summed E-state index contributed by atoms with van der Waals surface area (Å²) in [6, 6.07) is 4.59. The molecule has 0 spiro atoms. The molecule has 1 atom stereocenters. The van der Waals surface area contributed by atoms with Gasteiger partial charge in [-0.2, -0.15) is 0 Å². The van der Waals surface area contributed by atoms with E-state index in [1.807, 2.05) is 0 Å². The van der Waals surface area contributed by atoms with Gasteiger partial charge < -0.3 is 9.84 Å². The van der Waals surface area contributed by atoms with Crippen LogP contribution in [-0.2, 0) is 6.42 Å². The molecule has 0 saturated heterocycles. The summed E-state index contributed by atoms with van der Waals surface area (Å²) < 4.78 is 18.5. The van der Waals surface area contributed by atoms with E-state index in [0.29, 0.717) is 9.52 Å². The maximum absolute atomic E-state index is 12.8. The van der Waals surface area contributed by atoms with Crippen LogP contribution in [0.1, 0.15) is 12.0 Å². The van der Waals surface area contributed by atoms with Gasteiger partial charge >= 0.3 is 0 Å². The third kappa shape index (κ3) is 1.96. The fourth-order valence-corrected chi connectivity index (χ4v) is 2.37. The van der Waals surface area contributed by atoms with E-state index in [4.69, 9.17) is 9.84 Å². The zero-order valence-electron chi connectivity index (χ0n) is 7.66. The van der Waals surface area contributed by atoms with Gasteiger partial charge in [0.1, 0.15) is 21.1 Å². The molecule has 1 N–H and O–H groups in total. The fraction of sp³-hybridized carbons (Fsp3) is 0.400. The monoisotopic (exact) mass is 210 g/mol. The molecule has 0 bridgehead atoms. The lowest BCUT2D eigenvalue weighted by Gasteiger charge is -2.25. The number of aliphatic hydroxyl groups is 1. The van der Waals surface area contributed by atoms with Crippen LogP contribution in [0.2, 0.25) is 0 Å². The number of benzene rings is 1. The molecule has 0 fully saturated rings. The van der Waals surface area contributed by atoms with Gasteiger partial charge in [-0.05, 0) is 36.6 Å². The number of aryl methyl sites for hydroxylation is 1. The van der Waals surface area contributed by atoms with Crippen LogP contribution >= 0.6 is 0 Å². The Balaban J connectivity index is 2.15. The van der Waals surface area contributed by atoms with Crippen molar-refractivity contribution in [1.29, 1.82) is 0 Å². The molecule has 1 aliphatic heterocycles. The smallest absolute Gasteiger partial charge is 0.128 e. The van der Waals surface area contributed by atoms with Crippen LogP contribution in [0.3, 0.4) is 0 Å². The molecule has 0 saturated carbocycles. The predicted molar refractivity (Wildman–Crippen MR) is 52.0 cm³/mol. The molecule has 2 radical (unpaired) electrons. The number of rotatable bonds is 2. The first-order valence-corrected chi connectivity index (χ1v) is 5.87. The predicted octanol–water partition coefficient (Wildman–Crippen LogP) is 1.13. The number of aliphatic hydroxyl groups excluding tert-OH is 1. The number of ether oxygens (including phenoxy) is 1. The van der Waals surface area contributed by atoms with E-state index in [1.165, 1.54) is 12.1 Å². The fourth-order valence-electron chi connectivity index (χ4n) is 1.60. The Morgan fingerprint density at radius 1 is 1.57 bits per heavy atom. The van der Waals surface area contributed by atoms with Crippen molar-refractivity contribution in [3.8, 4) is 5.75 Å². The lowest BCUT2D eigenvalue weighted by atomic mass is 10.1. The maximum Gasteiger partial charge on any atom is 0.128 e. The van der Waals surface area contributed by atoms with Gasteiger partial charge in [0.15, 0.2) is 0 Å². The average Bonchev–Trinajstić information content (AvgIpc) is 2.19. The lowest BCUT2D eigenvalue weighted by molar-refractivity contribution is 0.237. The van der Waals surface area contributed by atoms with E-state index in [2.05, 4.69) is 0 Å². The van der Waals surface area contributed by atoms with Crippen LogP contribution in [0.4, 0.5) is 4.39 Å². The minimum Gasteiger partial charge on any atom is -0.494 e. The first-order valence-electron chi connectivity index (χ1n) is 4.59. The highest BCUT2D eigenvalue weighted by molar-refractivity contribution is 6.37. The Kier molecular flexibility index (Phi) is 2.84. The van der Waals surface area contributed by atoms with Gasteiger partial charge in [-0.25, -0.2) is 4.39 Å². The third-order valence-electron chi connectivity index (χ3n) is 2.29. The Hall–Kier alpha value is -0.873. The number of fused-ring (bicyclic) bond motifs is 1. The molecule has 0 amide bonds. The second-order valence-corrected chi connectivity index (χ2v) is 4.63. The highest BCUT2D eigenvalue weighted by atomic mass is 28.2. The van der Waals surface area contributed by atoms with Crippen LogP contribution in [0.5, 0.6) is 5.75 Å². The Morgan fingerprint density at radius 3 is 3.21 bits per heavy atom. The van der Waals surface area contributed by atoms with E-state index in [0.717, 1.165) is 24.2 Å². The summed E-state index contributed by atoms with van der Waals surface area (Å²) in [5.41, 5.74) is 1.04. The molecule has 2 rings (SSSR count). The van der Waals surface area contributed by atoms with Gasteiger partial charge in [0, 0.05) is 6.23 Å². The van der Waals surface area contributed by atoms with Crippen LogP contribution in [0.15, 0.2) is 18.2 Å². The standard InChI is InChI=1S/C10H11FO2Si/c11-8-2-3-9-7(5-8)1-4-10(13-9)14-6-12/h2-3,5,10,12H,1,4,6H2/t10-/m0/s1. The molecule has 1 aliphatic rings. The molecule has 0 aromatic heterocycles. The minimum atomic E-state index is -0.213. The average molecular weight is 210 g/mol. The van der Waals surface area contributed by atoms with Crippen LogP contribution in [0, 0.1) is 5.82 Å². The molecule has 0 unspecified atom stereocenters. The maximum atomic E-state index is 12.8. The molecule has 14 heavy (non-hydrogen) atoms. The van der Waals surface area contributed by atoms with Crippen molar-refractivity contribution in [1.82, 2.24) is 0 Å². The molecular weight excluding hydrogens is 199 g/mol. The molecule has 74 valence electrons. The largest absolute Gasteiger partial charge is 0.494 e. The SMILES string of the molecule is OC[Si][C@H]1CCc2cc(F)ccc2O1. The van der Waals surface area contributed by atoms with E-state index < -0.39 is 0 Å². The van der Waals surface area contributed by atoms with Crippen molar-refractivity contribution in [3.05, 3.63) is 29.6 Å². The highest BCUT2D eigenvalue weighted by Crippen LogP contribution is 2.27. The summed E-state index contributed by atoms with van der Waals surface area (Å²) >= 11 is 0. The first kappa shape index (κ1) is 9.67. The van der Waals surface area contributed by atoms with E-state index in [-0.39, 0.29) is 17.8 Å². The van der Waals surface area contributed by atoms with Gasteiger partial charge in [-0.3, -0.25) is 0 Å². The summed E-state index contributed by atoms with van der Waals surface area (Å²) in [4.78, 5) is 0. The van der Waals surface area contributed by atoms with E-state index in [1.54, 1.807) is 6.07 Å².